The minimum Gasteiger partial charge on any atom is -0.495 e. The number of nitrogens with zero attached hydrogens (tertiary/aromatic N) is 2. The number of benzene rings is 3. The highest BCUT2D eigenvalue weighted by Gasteiger charge is 2.45. The van der Waals surface area contributed by atoms with E-state index >= 15 is 0 Å². The van der Waals surface area contributed by atoms with Crippen LogP contribution in [0, 0.1) is 6.92 Å². The predicted octanol–water partition coefficient (Wildman–Crippen LogP) is 3.14. The highest BCUT2D eigenvalue weighted by atomic mass is 16.5. The summed E-state index contributed by atoms with van der Waals surface area (Å²) < 4.78 is 11.0. The molecular weight excluding hydrogens is 462 g/mol. The van der Waals surface area contributed by atoms with Gasteiger partial charge in [-0.2, -0.15) is 0 Å². The van der Waals surface area contributed by atoms with Gasteiger partial charge in [0.1, 0.15) is 17.5 Å². The Morgan fingerprint density at radius 2 is 1.81 bits per heavy atom. The summed E-state index contributed by atoms with van der Waals surface area (Å²) in [5.74, 6) is -1.38. The number of carbonyl (C=O) groups is 4. The number of ether oxygens (including phenoxy) is 2. The number of hydrogen-bond donors (Lipinski definition) is 1. The highest BCUT2D eigenvalue weighted by molar-refractivity contribution is 6.23. The number of hydrogen-bond acceptors (Lipinski definition) is 6. The number of nitrogens with one attached hydrogen (secondary N) is 1. The van der Waals surface area contributed by atoms with Gasteiger partial charge < -0.3 is 9.47 Å². The molecule has 4 rings (SSSR count). The van der Waals surface area contributed by atoms with Gasteiger partial charge in [-0.05, 0) is 36.1 Å². The van der Waals surface area contributed by atoms with Crippen molar-refractivity contribution in [2.75, 3.05) is 18.6 Å². The number of imide groups is 1. The number of aryl methyl sites for hydroxylation is 1. The first-order valence-corrected chi connectivity index (χ1v) is 11.6. The van der Waals surface area contributed by atoms with Crippen LogP contribution < -0.4 is 19.8 Å². The van der Waals surface area contributed by atoms with E-state index in [1.807, 2.05) is 43.3 Å². The lowest BCUT2D eigenvalue weighted by atomic mass is 10.1. The van der Waals surface area contributed by atoms with Crippen molar-refractivity contribution in [3.63, 3.8) is 0 Å². The summed E-state index contributed by atoms with van der Waals surface area (Å²) in [4.78, 5) is 52.7. The van der Waals surface area contributed by atoms with Gasteiger partial charge in [0.25, 0.3) is 11.8 Å². The summed E-state index contributed by atoms with van der Waals surface area (Å²) in [6.07, 6.45) is -0.248. The fourth-order valence-corrected chi connectivity index (χ4v) is 4.16. The molecule has 0 spiro atoms. The summed E-state index contributed by atoms with van der Waals surface area (Å²) >= 11 is 0. The maximum Gasteiger partial charge on any atom is 0.276 e. The summed E-state index contributed by atoms with van der Waals surface area (Å²) in [5.41, 5.74) is 3.60. The van der Waals surface area contributed by atoms with Crippen LogP contribution in [0.25, 0.3) is 10.8 Å². The van der Waals surface area contributed by atoms with Crippen LogP contribution >= 0.6 is 0 Å². The number of carbonyl (C=O) groups excluding carboxylic acids is 4. The molecule has 186 valence electrons. The van der Waals surface area contributed by atoms with Crippen LogP contribution in [0.3, 0.4) is 0 Å². The SMILES string of the molecule is CCC(=O)N(NC(=O)COc1cccc2ccccc12)C1CC(=O)N(c2cc(C)ccc2OC)C1=O. The first kappa shape index (κ1) is 24.7. The van der Waals surface area contributed by atoms with Gasteiger partial charge in [0, 0.05) is 11.8 Å². The van der Waals surface area contributed by atoms with E-state index in [0.717, 1.165) is 26.2 Å². The zero-order valence-electron chi connectivity index (χ0n) is 20.3. The third kappa shape index (κ3) is 4.86. The summed E-state index contributed by atoms with van der Waals surface area (Å²) in [5, 5.41) is 2.74. The molecule has 3 aromatic rings. The summed E-state index contributed by atoms with van der Waals surface area (Å²) in [7, 11) is 1.44. The summed E-state index contributed by atoms with van der Waals surface area (Å²) in [6, 6.07) is 17.0. The zero-order valence-corrected chi connectivity index (χ0v) is 20.3. The molecule has 1 aliphatic heterocycles. The fourth-order valence-electron chi connectivity index (χ4n) is 4.16. The minimum atomic E-state index is -1.18. The third-order valence-electron chi connectivity index (χ3n) is 5.93. The molecule has 36 heavy (non-hydrogen) atoms. The smallest absolute Gasteiger partial charge is 0.276 e. The molecule has 9 heteroatoms. The van der Waals surface area contributed by atoms with E-state index in [2.05, 4.69) is 5.43 Å². The lowest BCUT2D eigenvalue weighted by molar-refractivity contribution is -0.148. The van der Waals surface area contributed by atoms with Gasteiger partial charge in [-0.1, -0.05) is 49.4 Å². The molecule has 0 radical (unpaired) electrons. The van der Waals surface area contributed by atoms with E-state index in [1.165, 1.54) is 7.11 Å². The molecule has 4 amide bonds. The summed E-state index contributed by atoms with van der Waals surface area (Å²) in [6.45, 7) is 3.05. The Bertz CT molecular complexity index is 1330. The van der Waals surface area contributed by atoms with E-state index in [0.29, 0.717) is 17.2 Å². The number of hydrazine groups is 1. The fraction of sp³-hybridized carbons (Fsp3) is 0.259. The second kappa shape index (κ2) is 10.5. The van der Waals surface area contributed by atoms with Crippen LogP contribution in [-0.2, 0) is 19.2 Å². The van der Waals surface area contributed by atoms with E-state index in [9.17, 15) is 19.2 Å². The van der Waals surface area contributed by atoms with Gasteiger partial charge in [-0.15, -0.1) is 0 Å². The second-order valence-corrected chi connectivity index (χ2v) is 8.38. The Morgan fingerprint density at radius 3 is 2.56 bits per heavy atom. The van der Waals surface area contributed by atoms with Gasteiger partial charge in [0.05, 0.1) is 19.2 Å². The molecule has 0 aliphatic carbocycles. The first-order chi connectivity index (χ1) is 17.3. The molecule has 0 saturated carbocycles. The molecule has 1 unspecified atom stereocenters. The number of anilines is 1. The standard InChI is InChI=1S/C27H27N3O6/c1-4-25(32)30(28-24(31)16-36-22-11-7-9-18-8-5-6-10-19(18)22)21-15-26(33)29(27(21)34)20-14-17(2)12-13-23(20)35-3/h5-14,21H,4,15-16H2,1-3H3,(H,28,31). The number of amides is 4. The minimum absolute atomic E-state index is 0.0240. The maximum atomic E-state index is 13.3. The molecule has 9 nitrogen and oxygen atoms in total. The van der Waals surface area contributed by atoms with Gasteiger partial charge in [0.2, 0.25) is 11.8 Å². The molecule has 1 atom stereocenters. The van der Waals surface area contributed by atoms with Gasteiger partial charge in [0.15, 0.2) is 6.61 Å². The lowest BCUT2D eigenvalue weighted by Crippen LogP contribution is -2.55. The van der Waals surface area contributed by atoms with Crippen molar-refractivity contribution in [2.45, 2.75) is 32.7 Å². The van der Waals surface area contributed by atoms with Crippen LogP contribution in [0.15, 0.2) is 60.7 Å². The van der Waals surface area contributed by atoms with Crippen molar-refractivity contribution in [1.29, 1.82) is 0 Å². The Balaban J connectivity index is 1.52. The predicted molar refractivity (Wildman–Crippen MR) is 133 cm³/mol. The molecule has 0 aromatic heterocycles. The molecular formula is C27H27N3O6. The van der Waals surface area contributed by atoms with Gasteiger partial charge in [-0.3, -0.25) is 24.6 Å². The van der Waals surface area contributed by atoms with E-state index in [-0.39, 0.29) is 19.4 Å². The highest BCUT2D eigenvalue weighted by Crippen LogP contribution is 2.34. The van der Waals surface area contributed by atoms with Crippen LogP contribution in [-0.4, -0.2) is 48.4 Å². The van der Waals surface area contributed by atoms with Crippen LogP contribution in [0.1, 0.15) is 25.3 Å². The molecule has 1 aliphatic rings. The molecule has 1 saturated heterocycles. The molecule has 1 fully saturated rings. The van der Waals surface area contributed by atoms with Crippen LogP contribution in [0.5, 0.6) is 11.5 Å². The largest absolute Gasteiger partial charge is 0.495 e. The zero-order chi connectivity index (χ0) is 25.8. The monoisotopic (exact) mass is 489 g/mol. The third-order valence-corrected chi connectivity index (χ3v) is 5.93. The van der Waals surface area contributed by atoms with Gasteiger partial charge in [-0.25, -0.2) is 9.91 Å². The number of fused-ring (bicyclic) bond motifs is 1. The molecule has 1 N–H and O–H groups in total. The Labute approximate surface area is 208 Å². The average Bonchev–Trinajstić information content (AvgIpc) is 3.18. The molecule has 3 aromatic carbocycles. The Hall–Kier alpha value is -4.40. The van der Waals surface area contributed by atoms with Crippen molar-refractivity contribution in [3.8, 4) is 11.5 Å². The first-order valence-electron chi connectivity index (χ1n) is 11.6. The van der Waals surface area contributed by atoms with Crippen LogP contribution in [0.2, 0.25) is 0 Å². The van der Waals surface area contributed by atoms with Crippen molar-refractivity contribution < 1.29 is 28.7 Å². The van der Waals surface area contributed by atoms with E-state index in [4.69, 9.17) is 9.47 Å². The van der Waals surface area contributed by atoms with E-state index < -0.39 is 29.7 Å². The molecule has 1 heterocycles. The second-order valence-electron chi connectivity index (χ2n) is 8.38. The molecule has 0 bridgehead atoms. The normalized spacial score (nSPS) is 15.2. The topological polar surface area (TPSA) is 105 Å². The van der Waals surface area contributed by atoms with Crippen LogP contribution in [0.4, 0.5) is 5.69 Å². The number of rotatable bonds is 7. The van der Waals surface area contributed by atoms with Crippen molar-refractivity contribution in [1.82, 2.24) is 10.4 Å². The van der Waals surface area contributed by atoms with Gasteiger partial charge >= 0.3 is 0 Å². The average molecular weight is 490 g/mol. The lowest BCUT2D eigenvalue weighted by Gasteiger charge is -2.27. The van der Waals surface area contributed by atoms with Crippen molar-refractivity contribution in [2.24, 2.45) is 0 Å². The number of methoxy groups -OCH3 is 1. The van der Waals surface area contributed by atoms with Crippen molar-refractivity contribution in [3.05, 3.63) is 66.2 Å². The quantitative estimate of drug-likeness (QED) is 0.404. The maximum absolute atomic E-state index is 13.3. The Kier molecular flexibility index (Phi) is 7.19. The van der Waals surface area contributed by atoms with Crippen molar-refractivity contribution >= 4 is 40.1 Å². The Morgan fingerprint density at radius 1 is 1.06 bits per heavy atom. The van der Waals surface area contributed by atoms with E-state index in [1.54, 1.807) is 31.2 Å².